The van der Waals surface area contributed by atoms with Crippen LogP contribution in [0.5, 0.6) is 0 Å². The summed E-state index contributed by atoms with van der Waals surface area (Å²) in [7, 11) is 0. The monoisotopic (exact) mass is 145 g/mol. The molecule has 0 spiro atoms. The van der Waals surface area contributed by atoms with Gasteiger partial charge in [0, 0.05) is 19.4 Å². The van der Waals surface area contributed by atoms with Gasteiger partial charge in [0.05, 0.1) is 6.61 Å². The molecule has 0 aliphatic carbocycles. The number of hydrogen-bond acceptors (Lipinski definition) is 3. The summed E-state index contributed by atoms with van der Waals surface area (Å²) in [6.45, 7) is 0.520. The van der Waals surface area contributed by atoms with Gasteiger partial charge >= 0.3 is 0 Å². The Bertz CT molecular complexity index is 142. The molecule has 10 heavy (non-hydrogen) atoms. The molecule has 0 bridgehead atoms. The average molecular weight is 145 g/mol. The molecule has 0 aromatic rings. The lowest BCUT2D eigenvalue weighted by Crippen LogP contribution is -2.54. The number of carbonyl (C=O) groups is 1. The van der Waals surface area contributed by atoms with E-state index in [0.717, 1.165) is 0 Å². The van der Waals surface area contributed by atoms with E-state index in [2.05, 4.69) is 0 Å². The van der Waals surface area contributed by atoms with E-state index in [1.54, 1.807) is 0 Å². The van der Waals surface area contributed by atoms with Crippen molar-refractivity contribution in [3.8, 4) is 0 Å². The lowest BCUT2D eigenvalue weighted by molar-refractivity contribution is -0.177. The second kappa shape index (κ2) is 2.56. The topological polar surface area (TPSA) is 72.6 Å². The van der Waals surface area contributed by atoms with E-state index < -0.39 is 11.5 Å². The Morgan fingerprint density at radius 3 is 2.50 bits per heavy atom. The summed E-state index contributed by atoms with van der Waals surface area (Å²) in [6, 6.07) is 0. The number of hydrogen-bond donors (Lipinski definition) is 2. The predicted octanol–water partition coefficient (Wildman–Crippen LogP) is -0.987. The molecule has 0 saturated carbocycles. The number of carbonyl (C=O) groups excluding carboxylic acids is 1. The number of aliphatic hydroxyl groups excluding tert-OH is 1. The Hall–Kier alpha value is -0.610. The first-order valence-corrected chi connectivity index (χ1v) is 3.26. The van der Waals surface area contributed by atoms with Gasteiger partial charge in [0.25, 0.3) is 0 Å². The van der Waals surface area contributed by atoms with Crippen molar-refractivity contribution in [2.75, 3.05) is 13.2 Å². The summed E-state index contributed by atoms with van der Waals surface area (Å²) in [5, 5.41) is 8.53. The Morgan fingerprint density at radius 2 is 2.40 bits per heavy atom. The van der Waals surface area contributed by atoms with Gasteiger partial charge in [-0.1, -0.05) is 0 Å². The minimum absolute atomic E-state index is 0.0526. The summed E-state index contributed by atoms with van der Waals surface area (Å²) in [5.74, 6) is -0.465. The standard InChI is InChI=1S/C6H11NO3/c7-5(9)6(1-3-8)2-4-10-6/h8H,1-4H2,(H2,7,9). The summed E-state index contributed by atoms with van der Waals surface area (Å²) >= 11 is 0. The molecule has 1 unspecified atom stereocenters. The van der Waals surface area contributed by atoms with Crippen LogP contribution in [0.15, 0.2) is 0 Å². The average Bonchev–Trinajstić information content (AvgIpc) is 1.77. The van der Waals surface area contributed by atoms with Crippen LogP contribution in [0.25, 0.3) is 0 Å². The largest absolute Gasteiger partial charge is 0.396 e. The predicted molar refractivity (Wildman–Crippen MR) is 34.2 cm³/mol. The van der Waals surface area contributed by atoms with Crippen LogP contribution in [-0.4, -0.2) is 29.8 Å². The van der Waals surface area contributed by atoms with Crippen LogP contribution in [0.1, 0.15) is 12.8 Å². The fourth-order valence-electron chi connectivity index (χ4n) is 1.04. The fourth-order valence-corrected chi connectivity index (χ4v) is 1.04. The number of nitrogens with two attached hydrogens (primary N) is 1. The van der Waals surface area contributed by atoms with E-state index in [-0.39, 0.29) is 6.61 Å². The Labute approximate surface area is 59.0 Å². The molecule has 1 rings (SSSR count). The zero-order chi connectivity index (χ0) is 7.61. The summed E-state index contributed by atoms with van der Waals surface area (Å²) < 4.78 is 4.99. The molecule has 0 radical (unpaired) electrons. The molecule has 1 saturated heterocycles. The molecule has 1 heterocycles. The van der Waals surface area contributed by atoms with E-state index in [4.69, 9.17) is 15.6 Å². The first-order valence-electron chi connectivity index (χ1n) is 3.26. The number of aliphatic hydroxyl groups is 1. The van der Waals surface area contributed by atoms with E-state index in [0.29, 0.717) is 19.4 Å². The molecular formula is C6H11NO3. The first kappa shape index (κ1) is 7.50. The third-order valence-corrected chi connectivity index (χ3v) is 1.85. The molecular weight excluding hydrogens is 134 g/mol. The highest BCUT2D eigenvalue weighted by molar-refractivity contribution is 5.84. The van der Waals surface area contributed by atoms with E-state index >= 15 is 0 Å². The van der Waals surface area contributed by atoms with Gasteiger partial charge in [-0.05, 0) is 0 Å². The SMILES string of the molecule is NC(=O)C1(CCO)CCO1. The summed E-state index contributed by atoms with van der Waals surface area (Å²) in [4.78, 5) is 10.7. The molecule has 0 aromatic heterocycles. The fraction of sp³-hybridized carbons (Fsp3) is 0.833. The summed E-state index contributed by atoms with van der Waals surface area (Å²) in [6.07, 6.45) is 0.964. The zero-order valence-electron chi connectivity index (χ0n) is 5.67. The molecule has 1 aliphatic heterocycles. The maximum Gasteiger partial charge on any atom is 0.249 e. The van der Waals surface area contributed by atoms with Gasteiger partial charge < -0.3 is 15.6 Å². The molecule has 1 aliphatic rings. The Balaban J connectivity index is 2.50. The van der Waals surface area contributed by atoms with Crippen molar-refractivity contribution in [1.82, 2.24) is 0 Å². The zero-order valence-corrected chi connectivity index (χ0v) is 5.67. The van der Waals surface area contributed by atoms with Gasteiger partial charge in [-0.25, -0.2) is 0 Å². The van der Waals surface area contributed by atoms with Gasteiger partial charge in [0.15, 0.2) is 5.60 Å². The van der Waals surface area contributed by atoms with Crippen molar-refractivity contribution in [2.45, 2.75) is 18.4 Å². The van der Waals surface area contributed by atoms with Crippen molar-refractivity contribution in [1.29, 1.82) is 0 Å². The molecule has 0 aromatic carbocycles. The van der Waals surface area contributed by atoms with Crippen LogP contribution in [0, 0.1) is 0 Å². The molecule has 58 valence electrons. The van der Waals surface area contributed by atoms with E-state index in [1.807, 2.05) is 0 Å². The second-order valence-electron chi connectivity index (χ2n) is 2.43. The van der Waals surface area contributed by atoms with Crippen molar-refractivity contribution >= 4 is 5.91 Å². The van der Waals surface area contributed by atoms with Crippen LogP contribution in [0.4, 0.5) is 0 Å². The minimum atomic E-state index is -0.839. The lowest BCUT2D eigenvalue weighted by atomic mass is 9.91. The third kappa shape index (κ3) is 0.998. The normalized spacial score (nSPS) is 31.3. The van der Waals surface area contributed by atoms with Crippen molar-refractivity contribution in [3.63, 3.8) is 0 Å². The van der Waals surface area contributed by atoms with Crippen molar-refractivity contribution < 1.29 is 14.6 Å². The van der Waals surface area contributed by atoms with Gasteiger partial charge in [-0.3, -0.25) is 4.79 Å². The summed E-state index contributed by atoms with van der Waals surface area (Å²) in [5.41, 5.74) is 4.21. The number of amides is 1. The maximum absolute atomic E-state index is 10.7. The number of rotatable bonds is 3. The van der Waals surface area contributed by atoms with Gasteiger partial charge in [0.1, 0.15) is 0 Å². The molecule has 1 atom stereocenters. The quantitative estimate of drug-likeness (QED) is 0.535. The molecule has 3 N–H and O–H groups in total. The maximum atomic E-state index is 10.7. The lowest BCUT2D eigenvalue weighted by Gasteiger charge is -2.38. The molecule has 4 nitrogen and oxygen atoms in total. The second-order valence-corrected chi connectivity index (χ2v) is 2.43. The van der Waals surface area contributed by atoms with Gasteiger partial charge in [-0.2, -0.15) is 0 Å². The van der Waals surface area contributed by atoms with Gasteiger partial charge in [0.2, 0.25) is 5.91 Å². The Morgan fingerprint density at radius 1 is 1.80 bits per heavy atom. The Kier molecular flexibility index (Phi) is 1.92. The van der Waals surface area contributed by atoms with Crippen LogP contribution in [0.3, 0.4) is 0 Å². The van der Waals surface area contributed by atoms with E-state index in [9.17, 15) is 4.79 Å². The first-order chi connectivity index (χ1) is 4.71. The van der Waals surface area contributed by atoms with Crippen LogP contribution >= 0.6 is 0 Å². The smallest absolute Gasteiger partial charge is 0.249 e. The van der Waals surface area contributed by atoms with Crippen LogP contribution < -0.4 is 5.73 Å². The third-order valence-electron chi connectivity index (χ3n) is 1.85. The highest BCUT2D eigenvalue weighted by atomic mass is 16.5. The van der Waals surface area contributed by atoms with Crippen LogP contribution in [0.2, 0.25) is 0 Å². The van der Waals surface area contributed by atoms with E-state index in [1.165, 1.54) is 0 Å². The van der Waals surface area contributed by atoms with Crippen molar-refractivity contribution in [2.24, 2.45) is 5.73 Å². The number of primary amides is 1. The van der Waals surface area contributed by atoms with Crippen molar-refractivity contribution in [3.05, 3.63) is 0 Å². The highest BCUT2D eigenvalue weighted by Crippen LogP contribution is 2.28. The van der Waals surface area contributed by atoms with Gasteiger partial charge in [-0.15, -0.1) is 0 Å². The molecule has 1 fully saturated rings. The molecule has 4 heteroatoms. The molecule has 1 amide bonds. The minimum Gasteiger partial charge on any atom is -0.396 e. The highest BCUT2D eigenvalue weighted by Gasteiger charge is 2.43. The van der Waals surface area contributed by atoms with Crippen LogP contribution in [-0.2, 0) is 9.53 Å². The number of ether oxygens (including phenoxy) is 1.